The highest BCUT2D eigenvalue weighted by molar-refractivity contribution is 6.21. The van der Waals surface area contributed by atoms with Crippen LogP contribution in [0.15, 0.2) is 72.8 Å². The van der Waals surface area contributed by atoms with Crippen molar-refractivity contribution in [3.8, 4) is 5.75 Å². The quantitative estimate of drug-likeness (QED) is 0.430. The smallest absolute Gasteiger partial charge is 0.194 e. The number of allylic oxidation sites excluding steroid dienone is 1. The summed E-state index contributed by atoms with van der Waals surface area (Å²) in [5.74, 6) is -0.0310. The average molecular weight is 340 g/mol. The molecular weight excluding hydrogens is 324 g/mol. The van der Waals surface area contributed by atoms with E-state index in [0.717, 1.165) is 16.7 Å². The molecule has 0 heterocycles. The monoisotopic (exact) mass is 340 g/mol. The Labute approximate surface area is 151 Å². The Bertz CT molecular complexity index is 1040. The predicted octanol–water partition coefficient (Wildman–Crippen LogP) is 4.56. The zero-order valence-electron chi connectivity index (χ0n) is 14.2. The molecule has 3 aromatic rings. The highest BCUT2D eigenvalue weighted by atomic mass is 16.3. The lowest BCUT2D eigenvalue weighted by atomic mass is 9.80. The number of aryl methyl sites for hydroxylation is 1. The van der Waals surface area contributed by atoms with E-state index in [0.29, 0.717) is 22.3 Å². The van der Waals surface area contributed by atoms with Gasteiger partial charge in [0.1, 0.15) is 5.75 Å². The summed E-state index contributed by atoms with van der Waals surface area (Å²) in [5, 5.41) is 9.67. The molecular formula is C23H16O3. The maximum Gasteiger partial charge on any atom is 0.194 e. The molecule has 0 aromatic heterocycles. The molecule has 0 bridgehead atoms. The van der Waals surface area contributed by atoms with Crippen LogP contribution in [-0.2, 0) is 0 Å². The van der Waals surface area contributed by atoms with Crippen molar-refractivity contribution in [2.24, 2.45) is 0 Å². The Morgan fingerprint density at radius 1 is 0.846 bits per heavy atom. The first-order valence-electron chi connectivity index (χ1n) is 8.35. The maximum atomic E-state index is 12.8. The second-order valence-corrected chi connectivity index (χ2v) is 6.34. The Kier molecular flexibility index (Phi) is 3.77. The third-order valence-electron chi connectivity index (χ3n) is 4.68. The highest BCUT2D eigenvalue weighted by Gasteiger charge is 2.26. The minimum Gasteiger partial charge on any atom is -0.508 e. The molecule has 0 amide bonds. The number of carbonyl (C=O) groups is 2. The molecule has 0 unspecified atom stereocenters. The van der Waals surface area contributed by atoms with Gasteiger partial charge < -0.3 is 5.11 Å². The molecule has 1 aliphatic rings. The van der Waals surface area contributed by atoms with E-state index in [9.17, 15) is 14.7 Å². The molecule has 0 aliphatic heterocycles. The fourth-order valence-corrected chi connectivity index (χ4v) is 3.30. The van der Waals surface area contributed by atoms with E-state index in [1.807, 2.05) is 36.4 Å². The Balaban J connectivity index is 1.89. The molecule has 0 saturated carbocycles. The van der Waals surface area contributed by atoms with Crippen molar-refractivity contribution in [3.63, 3.8) is 0 Å². The molecule has 3 aromatic carbocycles. The van der Waals surface area contributed by atoms with E-state index >= 15 is 0 Å². The van der Waals surface area contributed by atoms with Crippen LogP contribution >= 0.6 is 0 Å². The average Bonchev–Trinajstić information content (AvgIpc) is 2.67. The second kappa shape index (κ2) is 6.12. The van der Waals surface area contributed by atoms with Crippen molar-refractivity contribution in [3.05, 3.63) is 106 Å². The number of phenols is 1. The van der Waals surface area contributed by atoms with Crippen molar-refractivity contribution in [2.75, 3.05) is 0 Å². The van der Waals surface area contributed by atoms with Crippen LogP contribution in [0.1, 0.15) is 43.0 Å². The van der Waals surface area contributed by atoms with Crippen LogP contribution in [-0.4, -0.2) is 16.7 Å². The molecule has 0 saturated heterocycles. The highest BCUT2D eigenvalue weighted by Crippen LogP contribution is 2.36. The standard InChI is InChI=1S/C23H16O3/c1-14-12-15(10-11-21(14)24)22(25)13-20-16-6-2-4-8-18(16)23(26)19-9-5-3-7-17(19)20/h2-13,24H,1H3. The van der Waals surface area contributed by atoms with Gasteiger partial charge in [-0.05, 0) is 53.5 Å². The van der Waals surface area contributed by atoms with Gasteiger partial charge in [-0.1, -0.05) is 48.5 Å². The van der Waals surface area contributed by atoms with Gasteiger partial charge >= 0.3 is 0 Å². The summed E-state index contributed by atoms with van der Waals surface area (Å²) in [4.78, 5) is 25.6. The van der Waals surface area contributed by atoms with Gasteiger partial charge in [0.2, 0.25) is 0 Å². The van der Waals surface area contributed by atoms with E-state index in [2.05, 4.69) is 0 Å². The van der Waals surface area contributed by atoms with E-state index < -0.39 is 0 Å². The number of hydrogen-bond donors (Lipinski definition) is 1. The van der Waals surface area contributed by atoms with Gasteiger partial charge in [-0.15, -0.1) is 0 Å². The summed E-state index contributed by atoms with van der Waals surface area (Å²) < 4.78 is 0. The third-order valence-corrected chi connectivity index (χ3v) is 4.68. The fourth-order valence-electron chi connectivity index (χ4n) is 3.30. The first-order valence-corrected chi connectivity index (χ1v) is 8.35. The zero-order chi connectivity index (χ0) is 18.3. The van der Waals surface area contributed by atoms with Gasteiger partial charge in [0.25, 0.3) is 0 Å². The first-order chi connectivity index (χ1) is 12.6. The number of ketones is 2. The molecule has 1 aliphatic carbocycles. The molecule has 3 heteroatoms. The van der Waals surface area contributed by atoms with Gasteiger partial charge in [-0.2, -0.15) is 0 Å². The Morgan fingerprint density at radius 3 is 1.92 bits per heavy atom. The fraction of sp³-hybridized carbons (Fsp3) is 0.0435. The maximum absolute atomic E-state index is 12.8. The van der Waals surface area contributed by atoms with E-state index in [1.54, 1.807) is 37.3 Å². The van der Waals surface area contributed by atoms with Crippen LogP contribution in [0.2, 0.25) is 0 Å². The Morgan fingerprint density at radius 2 is 1.38 bits per heavy atom. The number of fused-ring (bicyclic) bond motifs is 2. The molecule has 126 valence electrons. The molecule has 0 radical (unpaired) electrons. The van der Waals surface area contributed by atoms with Gasteiger partial charge in [-0.3, -0.25) is 9.59 Å². The third kappa shape index (κ3) is 2.54. The Hall–Kier alpha value is -3.46. The van der Waals surface area contributed by atoms with Crippen molar-refractivity contribution in [1.82, 2.24) is 0 Å². The lowest BCUT2D eigenvalue weighted by molar-refractivity contribution is 0.103. The number of rotatable bonds is 2. The van der Waals surface area contributed by atoms with Crippen molar-refractivity contribution in [2.45, 2.75) is 6.92 Å². The minimum absolute atomic E-state index is 0.0266. The summed E-state index contributed by atoms with van der Waals surface area (Å²) in [6.07, 6.45) is 1.58. The molecule has 3 nitrogen and oxygen atoms in total. The summed E-state index contributed by atoms with van der Waals surface area (Å²) in [7, 11) is 0. The van der Waals surface area contributed by atoms with Gasteiger partial charge in [0, 0.05) is 16.7 Å². The van der Waals surface area contributed by atoms with Crippen LogP contribution in [0, 0.1) is 6.92 Å². The van der Waals surface area contributed by atoms with Gasteiger partial charge in [0.05, 0.1) is 0 Å². The zero-order valence-corrected chi connectivity index (χ0v) is 14.2. The number of carbonyl (C=O) groups excluding carboxylic acids is 2. The predicted molar refractivity (Wildman–Crippen MR) is 101 cm³/mol. The SMILES string of the molecule is Cc1cc(C(=O)C=C2c3ccccc3C(=O)c3ccccc32)ccc1O. The summed E-state index contributed by atoms with van der Waals surface area (Å²) in [6, 6.07) is 19.5. The largest absolute Gasteiger partial charge is 0.508 e. The normalized spacial score (nSPS) is 12.3. The lowest BCUT2D eigenvalue weighted by Gasteiger charge is -2.21. The first kappa shape index (κ1) is 16.0. The second-order valence-electron chi connectivity index (χ2n) is 6.34. The summed E-state index contributed by atoms with van der Waals surface area (Å²) in [6.45, 7) is 1.75. The van der Waals surface area contributed by atoms with Crippen molar-refractivity contribution >= 4 is 17.1 Å². The number of phenolic OH excluding ortho intramolecular Hbond substituents is 1. The van der Waals surface area contributed by atoms with Crippen molar-refractivity contribution in [1.29, 1.82) is 0 Å². The molecule has 4 rings (SSSR count). The molecule has 26 heavy (non-hydrogen) atoms. The van der Waals surface area contributed by atoms with Gasteiger partial charge in [-0.25, -0.2) is 0 Å². The molecule has 0 spiro atoms. The molecule has 0 atom stereocenters. The van der Waals surface area contributed by atoms with E-state index in [1.165, 1.54) is 6.07 Å². The number of aromatic hydroxyl groups is 1. The van der Waals surface area contributed by atoms with Crippen LogP contribution in [0.4, 0.5) is 0 Å². The number of benzene rings is 3. The topological polar surface area (TPSA) is 54.4 Å². The van der Waals surface area contributed by atoms with Crippen LogP contribution in [0.5, 0.6) is 5.75 Å². The summed E-state index contributed by atoms with van der Waals surface area (Å²) >= 11 is 0. The number of hydrogen-bond acceptors (Lipinski definition) is 3. The van der Waals surface area contributed by atoms with E-state index in [-0.39, 0.29) is 17.3 Å². The minimum atomic E-state index is -0.165. The van der Waals surface area contributed by atoms with E-state index in [4.69, 9.17) is 0 Å². The van der Waals surface area contributed by atoms with Crippen LogP contribution in [0.25, 0.3) is 5.57 Å². The molecule has 1 N–H and O–H groups in total. The summed E-state index contributed by atoms with van der Waals surface area (Å²) in [5.41, 5.74) is 4.62. The lowest BCUT2D eigenvalue weighted by Crippen LogP contribution is -2.15. The molecule has 0 fully saturated rings. The van der Waals surface area contributed by atoms with Crippen LogP contribution in [0.3, 0.4) is 0 Å². The van der Waals surface area contributed by atoms with Crippen LogP contribution < -0.4 is 0 Å². The van der Waals surface area contributed by atoms with Crippen molar-refractivity contribution < 1.29 is 14.7 Å². The van der Waals surface area contributed by atoms with Gasteiger partial charge in [0.15, 0.2) is 11.6 Å².